The first kappa shape index (κ1) is 51.1. The van der Waals surface area contributed by atoms with Gasteiger partial charge in [-0.05, 0) is 115 Å². The molecule has 4 N–H and O–H groups in total. The number of carbonyl (C=O) groups excluding carboxylic acids is 4. The van der Waals surface area contributed by atoms with Crippen molar-refractivity contribution in [3.63, 3.8) is 0 Å². The van der Waals surface area contributed by atoms with Gasteiger partial charge in [-0.25, -0.2) is 28.3 Å². The van der Waals surface area contributed by atoms with Gasteiger partial charge in [-0.15, -0.1) is 0 Å². The van der Waals surface area contributed by atoms with E-state index in [1.807, 2.05) is 118 Å². The normalized spacial score (nSPS) is 20.0. The number of amides is 4. The maximum atomic E-state index is 16.6. The Balaban J connectivity index is 0.945. The molecule has 0 saturated carbocycles. The summed E-state index contributed by atoms with van der Waals surface area (Å²) in [6.07, 6.45) is 3.67. The molecule has 0 spiro atoms. The third-order valence-corrected chi connectivity index (χ3v) is 16.0. The zero-order valence-corrected chi connectivity index (χ0v) is 44.1. The molecule has 4 amide bonds. The summed E-state index contributed by atoms with van der Waals surface area (Å²) in [7, 11) is 2.54. The average Bonchev–Trinajstić information content (AvgIpc) is 4.43. The van der Waals surface area contributed by atoms with E-state index in [1.54, 1.807) is 9.80 Å². The van der Waals surface area contributed by atoms with Crippen molar-refractivity contribution in [2.75, 3.05) is 46.9 Å². The van der Waals surface area contributed by atoms with Crippen molar-refractivity contribution in [3.05, 3.63) is 143 Å². The molecule has 4 aliphatic heterocycles. The third-order valence-electron chi connectivity index (χ3n) is 16.0. The Hall–Kier alpha value is -8.02. The Labute approximate surface area is 445 Å². The molecule has 18 heteroatoms. The molecule has 0 unspecified atom stereocenters. The summed E-state index contributed by atoms with van der Waals surface area (Å²) in [6, 6.07) is 27.1. The number of piperidine rings is 1. The van der Waals surface area contributed by atoms with Gasteiger partial charge >= 0.3 is 12.2 Å². The number of para-hydroxylation sites is 2. The number of methoxy groups -OCH3 is 2. The van der Waals surface area contributed by atoms with Gasteiger partial charge in [0.25, 0.3) is 11.8 Å². The van der Waals surface area contributed by atoms with Crippen molar-refractivity contribution in [2.24, 2.45) is 11.8 Å². The fourth-order valence-electron chi connectivity index (χ4n) is 12.2. The number of ether oxygens (including phenoxy) is 2. The minimum atomic E-state index is -0.861. The Kier molecular flexibility index (Phi) is 13.8. The molecule has 6 heterocycles. The summed E-state index contributed by atoms with van der Waals surface area (Å²) in [5, 5.41) is 5.49. The van der Waals surface area contributed by atoms with Gasteiger partial charge in [0.15, 0.2) is 11.6 Å². The number of imidazole rings is 2. The smallest absolute Gasteiger partial charge is 0.407 e. The quantitative estimate of drug-likeness (QED) is 0.0919. The number of hydrogen-bond donors (Lipinski definition) is 4. The van der Waals surface area contributed by atoms with Crippen LogP contribution in [0.1, 0.15) is 118 Å². The molecule has 6 atom stereocenters. The van der Waals surface area contributed by atoms with Crippen LogP contribution in [0.15, 0.2) is 97.1 Å². The van der Waals surface area contributed by atoms with Gasteiger partial charge in [0, 0.05) is 43.0 Å². The number of carbonyl (C=O) groups is 4. The van der Waals surface area contributed by atoms with E-state index in [0.717, 1.165) is 63.9 Å². The number of rotatable bonds is 12. The van der Waals surface area contributed by atoms with Crippen molar-refractivity contribution in [3.8, 4) is 0 Å². The molecule has 0 aliphatic carbocycles. The van der Waals surface area contributed by atoms with Crippen LogP contribution in [-0.2, 0) is 31.9 Å². The monoisotopic (exact) mass is 1050 g/mol. The molecule has 16 nitrogen and oxygen atoms in total. The standard InChI is InChI=1S/C59H64F2N10O6/c1-32(2)51(66-58(74)76-5)56(72)70-45-16-10-8-14-34(45)28-49(70)54-62-41-20-18-36(26-43(41)64-54)47-22-23-48(69(47)38-30-39(60)53(40(61)31-38)68-24-12-7-13-25-68)37-19-21-42-44(27-37)65-55(63-42)50-29-35-15-9-11-17-46(35)71(50)57(73)52(33(3)4)67-59(75)77-6/h8-11,14-21,26-27,30-33,47-52H,7,12-13,22-25,28-29H2,1-6H3,(H,62,64)(H,63,65)(H,66,74)(H,67,75)/t47-,48-,49+,50+,51-,52-/m1/s1. The largest absolute Gasteiger partial charge is 0.453 e. The molecule has 4 aliphatic rings. The number of H-pyrrole nitrogens is 2. The molecule has 400 valence electrons. The lowest BCUT2D eigenvalue weighted by Crippen LogP contribution is -2.51. The van der Waals surface area contributed by atoms with Crippen LogP contribution in [-0.4, -0.2) is 83.3 Å². The maximum absolute atomic E-state index is 16.6. The number of fused-ring (bicyclic) bond motifs is 4. The van der Waals surface area contributed by atoms with E-state index in [1.165, 1.54) is 26.4 Å². The Morgan fingerprint density at radius 1 is 0.597 bits per heavy atom. The topological polar surface area (TPSA) is 181 Å². The lowest BCUT2D eigenvalue weighted by atomic mass is 10.0. The van der Waals surface area contributed by atoms with E-state index in [0.29, 0.717) is 67.1 Å². The number of hydrogen-bond acceptors (Lipinski definition) is 10. The molecule has 2 saturated heterocycles. The van der Waals surface area contributed by atoms with Crippen LogP contribution in [0.2, 0.25) is 0 Å². The summed E-state index contributed by atoms with van der Waals surface area (Å²) >= 11 is 0. The van der Waals surface area contributed by atoms with Crippen LogP contribution in [0, 0.1) is 23.5 Å². The van der Waals surface area contributed by atoms with E-state index < -0.39 is 48.0 Å². The van der Waals surface area contributed by atoms with Crippen LogP contribution in [0.3, 0.4) is 0 Å². The second kappa shape index (κ2) is 20.8. The van der Waals surface area contributed by atoms with Crippen LogP contribution in [0.4, 0.5) is 41.1 Å². The van der Waals surface area contributed by atoms with Crippen LogP contribution in [0.5, 0.6) is 0 Å². The first-order valence-corrected chi connectivity index (χ1v) is 26.7. The minimum absolute atomic E-state index is 0.00308. The van der Waals surface area contributed by atoms with E-state index in [4.69, 9.17) is 19.4 Å². The van der Waals surface area contributed by atoms with Gasteiger partial charge in [-0.3, -0.25) is 19.4 Å². The Morgan fingerprint density at radius 2 is 1.04 bits per heavy atom. The number of halogens is 2. The summed E-state index contributed by atoms with van der Waals surface area (Å²) in [6.45, 7) is 8.67. The number of aromatic amines is 2. The number of nitrogens with zero attached hydrogens (tertiary/aromatic N) is 6. The summed E-state index contributed by atoms with van der Waals surface area (Å²) in [4.78, 5) is 78.6. The molecule has 5 aromatic carbocycles. The van der Waals surface area contributed by atoms with Crippen molar-refractivity contribution >= 4 is 68.8 Å². The highest BCUT2D eigenvalue weighted by atomic mass is 19.1. The number of alkyl carbamates (subject to hydrolysis) is 2. The van der Waals surface area contributed by atoms with Gasteiger partial charge in [0.2, 0.25) is 0 Å². The van der Waals surface area contributed by atoms with Gasteiger partial charge in [-0.1, -0.05) is 76.2 Å². The number of anilines is 4. The highest BCUT2D eigenvalue weighted by molar-refractivity contribution is 6.02. The van der Waals surface area contributed by atoms with Crippen molar-refractivity contribution in [1.29, 1.82) is 0 Å². The lowest BCUT2D eigenvalue weighted by molar-refractivity contribution is -0.122. The first-order valence-electron chi connectivity index (χ1n) is 26.7. The lowest BCUT2D eigenvalue weighted by Gasteiger charge is -2.35. The number of aromatic nitrogens is 4. The number of nitrogens with one attached hydrogen (secondary N) is 4. The minimum Gasteiger partial charge on any atom is -0.453 e. The fraction of sp³-hybridized carbons (Fsp3) is 0.390. The molecular weight excluding hydrogens is 983 g/mol. The van der Waals surface area contributed by atoms with Gasteiger partial charge in [0.1, 0.15) is 29.4 Å². The Bertz CT molecular complexity index is 3200. The molecule has 7 aromatic rings. The number of benzene rings is 5. The Morgan fingerprint density at radius 3 is 1.47 bits per heavy atom. The summed E-state index contributed by atoms with van der Waals surface area (Å²) in [5.41, 5.74) is 8.55. The zero-order chi connectivity index (χ0) is 53.8. The molecule has 11 rings (SSSR count). The first-order chi connectivity index (χ1) is 37.2. The predicted octanol–water partition coefficient (Wildman–Crippen LogP) is 10.8. The second-order valence-electron chi connectivity index (χ2n) is 21.4. The average molecular weight is 1050 g/mol. The third kappa shape index (κ3) is 9.45. The van der Waals surface area contributed by atoms with E-state index in [2.05, 4.69) is 25.5 Å². The summed E-state index contributed by atoms with van der Waals surface area (Å²) < 4.78 is 43.0. The zero-order valence-electron chi connectivity index (χ0n) is 44.1. The molecule has 2 fully saturated rings. The highest BCUT2D eigenvalue weighted by Gasteiger charge is 2.44. The van der Waals surface area contributed by atoms with Gasteiger partial charge in [-0.2, -0.15) is 0 Å². The van der Waals surface area contributed by atoms with E-state index in [9.17, 15) is 19.2 Å². The van der Waals surface area contributed by atoms with Gasteiger partial charge < -0.3 is 39.9 Å². The van der Waals surface area contributed by atoms with Crippen LogP contribution < -0.4 is 30.2 Å². The van der Waals surface area contributed by atoms with Crippen LogP contribution in [0.25, 0.3) is 22.1 Å². The SMILES string of the molecule is COC(=O)N[C@@H](C(=O)N1c2ccccc2C[C@H]1c1nc2ccc([C@H]3CC[C@H](c4ccc5nc([C@@H]6Cc7ccccc7N6C(=O)[C@H](NC(=O)OC)C(C)C)[nH]c5c4)N3c3cc(F)c(N4CCCCC4)c(F)c3)cc2[nH]1)C(C)C. The van der Waals surface area contributed by atoms with Crippen molar-refractivity contribution in [2.45, 2.75) is 109 Å². The fourth-order valence-corrected chi connectivity index (χ4v) is 12.2. The molecule has 2 aromatic heterocycles. The summed E-state index contributed by atoms with van der Waals surface area (Å²) in [5.74, 6) is -1.09. The van der Waals surface area contributed by atoms with Crippen molar-refractivity contribution < 1.29 is 37.4 Å². The van der Waals surface area contributed by atoms with Gasteiger partial charge in [0.05, 0.1) is 60.5 Å². The maximum Gasteiger partial charge on any atom is 0.407 e. The predicted molar refractivity (Wildman–Crippen MR) is 291 cm³/mol. The molecule has 77 heavy (non-hydrogen) atoms. The van der Waals surface area contributed by atoms with Crippen LogP contribution >= 0.6 is 0 Å². The van der Waals surface area contributed by atoms with Crippen molar-refractivity contribution in [1.82, 2.24) is 30.6 Å². The molecule has 0 radical (unpaired) electrons. The molecular formula is C59H64F2N10O6. The molecule has 0 bridgehead atoms. The van der Waals surface area contributed by atoms with E-state index in [-0.39, 0.29) is 41.4 Å². The highest BCUT2D eigenvalue weighted by Crippen LogP contribution is 2.50. The van der Waals surface area contributed by atoms with E-state index >= 15 is 8.78 Å². The second-order valence-corrected chi connectivity index (χ2v) is 21.4.